The molecule has 2 aromatic rings. The molecule has 2 aromatic carbocycles. The van der Waals surface area contributed by atoms with E-state index in [0.29, 0.717) is 6.04 Å². The lowest BCUT2D eigenvalue weighted by atomic mass is 9.88. The van der Waals surface area contributed by atoms with E-state index in [-0.39, 0.29) is 0 Å². The molecule has 2 saturated carbocycles. The third kappa shape index (κ3) is 2.14. The second-order valence-corrected chi connectivity index (χ2v) is 6.72. The van der Waals surface area contributed by atoms with Gasteiger partial charge in [-0.3, -0.25) is 0 Å². The van der Waals surface area contributed by atoms with Gasteiger partial charge < -0.3 is 5.32 Å². The lowest BCUT2D eigenvalue weighted by Gasteiger charge is -2.25. The third-order valence-electron chi connectivity index (χ3n) is 5.54. The van der Waals surface area contributed by atoms with Crippen LogP contribution in [0.1, 0.15) is 24.8 Å². The van der Waals surface area contributed by atoms with Crippen LogP contribution in [0, 0.1) is 17.8 Å². The molecule has 3 unspecified atom stereocenters. The van der Waals surface area contributed by atoms with Gasteiger partial charge in [-0.15, -0.1) is 0 Å². The van der Waals surface area contributed by atoms with Gasteiger partial charge in [0, 0.05) is 6.04 Å². The summed E-state index contributed by atoms with van der Waals surface area (Å²) in [5, 5.41) is 6.40. The molecule has 2 aliphatic carbocycles. The molecule has 0 bridgehead atoms. The fraction of sp³-hybridized carbons (Fsp3) is 0.474. The Hall–Kier alpha value is -1.34. The highest BCUT2D eigenvalue weighted by Gasteiger charge is 2.47. The predicted molar refractivity (Wildman–Crippen MR) is 84.8 cm³/mol. The fourth-order valence-corrected chi connectivity index (χ4v) is 4.30. The van der Waals surface area contributed by atoms with Crippen LogP contribution >= 0.6 is 0 Å². The number of fused-ring (bicyclic) bond motifs is 2. The smallest absolute Gasteiger partial charge is 0.0133 e. The van der Waals surface area contributed by atoms with Crippen LogP contribution in [0.5, 0.6) is 0 Å². The van der Waals surface area contributed by atoms with Gasteiger partial charge in [-0.25, -0.2) is 0 Å². The Balaban J connectivity index is 1.59. The minimum absolute atomic E-state index is 0.647. The monoisotopic (exact) mass is 265 g/mol. The Labute approximate surface area is 121 Å². The van der Waals surface area contributed by atoms with Crippen molar-refractivity contribution in [1.29, 1.82) is 0 Å². The van der Waals surface area contributed by atoms with Crippen molar-refractivity contribution in [3.63, 3.8) is 0 Å². The van der Waals surface area contributed by atoms with E-state index in [9.17, 15) is 0 Å². The van der Waals surface area contributed by atoms with Crippen molar-refractivity contribution in [3.05, 3.63) is 48.0 Å². The van der Waals surface area contributed by atoms with E-state index in [0.717, 1.165) is 17.8 Å². The first-order valence-electron chi connectivity index (χ1n) is 7.99. The van der Waals surface area contributed by atoms with Gasteiger partial charge in [0.05, 0.1) is 0 Å². The maximum atomic E-state index is 3.60. The number of nitrogens with one attached hydrogen (secondary N) is 1. The third-order valence-corrected chi connectivity index (χ3v) is 5.54. The molecule has 0 amide bonds. The summed E-state index contributed by atoms with van der Waals surface area (Å²) in [6.45, 7) is 0. The van der Waals surface area contributed by atoms with Crippen molar-refractivity contribution in [2.24, 2.45) is 17.8 Å². The Morgan fingerprint density at radius 3 is 2.55 bits per heavy atom. The van der Waals surface area contributed by atoms with E-state index < -0.39 is 0 Å². The molecule has 1 heteroatoms. The molecule has 0 saturated heterocycles. The molecule has 20 heavy (non-hydrogen) atoms. The second-order valence-electron chi connectivity index (χ2n) is 6.72. The first kappa shape index (κ1) is 12.4. The summed E-state index contributed by atoms with van der Waals surface area (Å²) in [7, 11) is 2.14. The van der Waals surface area contributed by atoms with E-state index in [1.54, 1.807) is 0 Å². The van der Waals surface area contributed by atoms with E-state index in [4.69, 9.17) is 0 Å². The fourth-order valence-electron chi connectivity index (χ4n) is 4.30. The molecule has 0 aliphatic heterocycles. The molecule has 0 spiro atoms. The molecule has 4 rings (SSSR count). The summed E-state index contributed by atoms with van der Waals surface area (Å²) in [6, 6.07) is 16.2. The SMILES string of the molecule is CNC(Cc1cccc2ccccc12)C1CC2CC2C1. The summed E-state index contributed by atoms with van der Waals surface area (Å²) >= 11 is 0. The quantitative estimate of drug-likeness (QED) is 0.880. The summed E-state index contributed by atoms with van der Waals surface area (Å²) in [5.74, 6) is 3.04. The minimum atomic E-state index is 0.647. The standard InChI is InChI=1S/C19H23N/c1-20-19(17-10-15-9-16(15)11-17)12-14-7-4-6-13-5-2-3-8-18(13)14/h2-8,15-17,19-20H,9-12H2,1H3. The average molecular weight is 265 g/mol. The molecular formula is C19H23N. The van der Waals surface area contributed by atoms with E-state index in [1.807, 2.05) is 0 Å². The van der Waals surface area contributed by atoms with Crippen LogP contribution < -0.4 is 5.32 Å². The predicted octanol–water partition coefficient (Wildman–Crippen LogP) is 4.02. The Bertz CT molecular complexity index is 603. The highest BCUT2D eigenvalue weighted by Crippen LogP contribution is 2.55. The maximum Gasteiger partial charge on any atom is 0.0133 e. The zero-order chi connectivity index (χ0) is 13.5. The Morgan fingerprint density at radius 2 is 1.75 bits per heavy atom. The van der Waals surface area contributed by atoms with Gasteiger partial charge in [0.15, 0.2) is 0 Å². The maximum absolute atomic E-state index is 3.60. The lowest BCUT2D eigenvalue weighted by molar-refractivity contribution is 0.350. The van der Waals surface area contributed by atoms with Crippen molar-refractivity contribution in [2.45, 2.75) is 31.7 Å². The zero-order valence-electron chi connectivity index (χ0n) is 12.2. The molecule has 2 aliphatic rings. The Kier molecular flexibility index (Phi) is 3.03. The van der Waals surface area contributed by atoms with Crippen molar-refractivity contribution in [3.8, 4) is 0 Å². The van der Waals surface area contributed by atoms with Crippen LogP contribution in [-0.2, 0) is 6.42 Å². The minimum Gasteiger partial charge on any atom is -0.316 e. The number of hydrogen-bond acceptors (Lipinski definition) is 1. The van der Waals surface area contributed by atoms with Gasteiger partial charge in [-0.2, -0.15) is 0 Å². The summed E-state index contributed by atoms with van der Waals surface area (Å²) < 4.78 is 0. The molecule has 2 fully saturated rings. The van der Waals surface area contributed by atoms with E-state index >= 15 is 0 Å². The van der Waals surface area contributed by atoms with Gasteiger partial charge in [0.1, 0.15) is 0 Å². The molecule has 0 radical (unpaired) electrons. The summed E-state index contributed by atoms with van der Waals surface area (Å²) in [6.07, 6.45) is 5.60. The van der Waals surface area contributed by atoms with Crippen molar-refractivity contribution in [1.82, 2.24) is 5.32 Å². The summed E-state index contributed by atoms with van der Waals surface area (Å²) in [4.78, 5) is 0. The van der Waals surface area contributed by atoms with Crippen LogP contribution in [-0.4, -0.2) is 13.1 Å². The summed E-state index contributed by atoms with van der Waals surface area (Å²) in [5.41, 5.74) is 1.50. The molecule has 0 heterocycles. The number of rotatable bonds is 4. The van der Waals surface area contributed by atoms with Gasteiger partial charge in [0.25, 0.3) is 0 Å². The average Bonchev–Trinajstić information content (AvgIpc) is 3.11. The first-order chi connectivity index (χ1) is 9.85. The number of likely N-dealkylation sites (N-methyl/N-ethyl adjacent to an activating group) is 1. The first-order valence-corrected chi connectivity index (χ1v) is 7.99. The van der Waals surface area contributed by atoms with Crippen molar-refractivity contribution >= 4 is 10.8 Å². The highest BCUT2D eigenvalue weighted by atomic mass is 14.9. The molecule has 1 nitrogen and oxygen atoms in total. The van der Waals surface area contributed by atoms with Crippen LogP contribution in [0.2, 0.25) is 0 Å². The highest BCUT2D eigenvalue weighted by molar-refractivity contribution is 5.85. The zero-order valence-corrected chi connectivity index (χ0v) is 12.2. The second kappa shape index (κ2) is 4.89. The van der Waals surface area contributed by atoms with Crippen LogP contribution in [0.3, 0.4) is 0 Å². The van der Waals surface area contributed by atoms with Gasteiger partial charge in [-0.05, 0) is 66.8 Å². The molecule has 3 atom stereocenters. The van der Waals surface area contributed by atoms with E-state index in [2.05, 4.69) is 54.8 Å². The van der Waals surface area contributed by atoms with Gasteiger partial charge in [-0.1, -0.05) is 42.5 Å². The van der Waals surface area contributed by atoms with Crippen LogP contribution in [0.15, 0.2) is 42.5 Å². The van der Waals surface area contributed by atoms with Gasteiger partial charge in [0.2, 0.25) is 0 Å². The number of benzene rings is 2. The largest absolute Gasteiger partial charge is 0.316 e. The van der Waals surface area contributed by atoms with E-state index in [1.165, 1.54) is 42.0 Å². The molecular weight excluding hydrogens is 242 g/mol. The Morgan fingerprint density at radius 1 is 1.00 bits per heavy atom. The molecule has 0 aromatic heterocycles. The molecule has 1 N–H and O–H groups in total. The van der Waals surface area contributed by atoms with Crippen molar-refractivity contribution in [2.75, 3.05) is 7.05 Å². The van der Waals surface area contributed by atoms with Crippen LogP contribution in [0.25, 0.3) is 10.8 Å². The van der Waals surface area contributed by atoms with Crippen molar-refractivity contribution < 1.29 is 0 Å². The van der Waals surface area contributed by atoms with Crippen LogP contribution in [0.4, 0.5) is 0 Å². The topological polar surface area (TPSA) is 12.0 Å². The normalized spacial score (nSPS) is 29.4. The number of hydrogen-bond donors (Lipinski definition) is 1. The molecule has 104 valence electrons. The van der Waals surface area contributed by atoms with Gasteiger partial charge >= 0.3 is 0 Å². The lowest BCUT2D eigenvalue weighted by Crippen LogP contribution is -2.35.